The maximum absolute atomic E-state index is 3.85. The van der Waals surface area contributed by atoms with Gasteiger partial charge in [0.2, 0.25) is 0 Å². The molecule has 0 aliphatic heterocycles. The van der Waals surface area contributed by atoms with E-state index in [1.165, 1.54) is 0 Å². The summed E-state index contributed by atoms with van der Waals surface area (Å²) in [6.45, 7) is 3.74. The van der Waals surface area contributed by atoms with Crippen molar-refractivity contribution in [2.45, 2.75) is 13.8 Å². The van der Waals surface area contributed by atoms with Crippen molar-refractivity contribution in [1.29, 1.82) is 0 Å². The minimum absolute atomic E-state index is 0.804. The van der Waals surface area contributed by atoms with Crippen LogP contribution in [0.15, 0.2) is 12.7 Å². The molecule has 0 saturated carbocycles. The van der Waals surface area contributed by atoms with Gasteiger partial charge in [0.1, 0.15) is 24.3 Å². The van der Waals surface area contributed by atoms with E-state index in [0.29, 0.717) is 0 Å². The molecule has 0 atom stereocenters. The van der Waals surface area contributed by atoms with Crippen LogP contribution in [0.25, 0.3) is 0 Å². The third-order valence-electron chi connectivity index (χ3n) is 1.62. The standard InChI is InChI=1S/C6H8N6/c1-5-9-7-3-11(5)12-4-8-10-6(12)2/h3-4H,1-2H3. The Kier molecular flexibility index (Phi) is 1.39. The van der Waals surface area contributed by atoms with Crippen LogP contribution in [0.3, 0.4) is 0 Å². The van der Waals surface area contributed by atoms with Crippen molar-refractivity contribution >= 4 is 0 Å². The molecule has 2 heterocycles. The van der Waals surface area contributed by atoms with E-state index in [4.69, 9.17) is 0 Å². The third-order valence-corrected chi connectivity index (χ3v) is 1.62. The molecule has 2 aromatic rings. The van der Waals surface area contributed by atoms with Crippen LogP contribution in [0.2, 0.25) is 0 Å². The molecule has 0 fully saturated rings. The SMILES string of the molecule is Cc1nncn1-n1cnnc1C. The molecule has 0 bridgehead atoms. The number of hydrogen-bond acceptors (Lipinski definition) is 4. The van der Waals surface area contributed by atoms with Gasteiger partial charge in [-0.05, 0) is 13.8 Å². The number of aromatic nitrogens is 6. The number of aryl methyl sites for hydroxylation is 2. The Bertz CT molecular complexity index is 348. The normalized spacial score (nSPS) is 10.5. The molecule has 0 saturated heterocycles. The van der Waals surface area contributed by atoms with Crippen LogP contribution >= 0.6 is 0 Å². The second-order valence-corrected chi connectivity index (χ2v) is 2.45. The topological polar surface area (TPSA) is 61.4 Å². The summed E-state index contributed by atoms with van der Waals surface area (Å²) in [5, 5.41) is 15.2. The second kappa shape index (κ2) is 2.40. The molecule has 62 valence electrons. The quantitative estimate of drug-likeness (QED) is 0.585. The molecule has 0 aliphatic rings. The van der Waals surface area contributed by atoms with Crippen molar-refractivity contribution in [3.8, 4) is 0 Å². The summed E-state index contributed by atoms with van der Waals surface area (Å²) in [5.74, 6) is 1.61. The monoisotopic (exact) mass is 164 g/mol. The van der Waals surface area contributed by atoms with Crippen LogP contribution in [-0.2, 0) is 0 Å². The Morgan fingerprint density at radius 2 is 1.33 bits per heavy atom. The van der Waals surface area contributed by atoms with Gasteiger partial charge in [0.25, 0.3) is 0 Å². The summed E-state index contributed by atoms with van der Waals surface area (Å²) in [6.07, 6.45) is 3.23. The van der Waals surface area contributed by atoms with Crippen LogP contribution in [0, 0.1) is 13.8 Å². The highest BCUT2D eigenvalue weighted by Gasteiger charge is 2.02. The van der Waals surface area contributed by atoms with Gasteiger partial charge in [0.05, 0.1) is 0 Å². The fraction of sp³-hybridized carbons (Fsp3) is 0.333. The zero-order valence-corrected chi connectivity index (χ0v) is 6.84. The summed E-state index contributed by atoms with van der Waals surface area (Å²) in [7, 11) is 0. The van der Waals surface area contributed by atoms with E-state index in [1.807, 2.05) is 13.8 Å². The minimum Gasteiger partial charge on any atom is -0.218 e. The molecular formula is C6H8N6. The Hall–Kier alpha value is -1.72. The van der Waals surface area contributed by atoms with Gasteiger partial charge in [-0.1, -0.05) is 0 Å². The smallest absolute Gasteiger partial charge is 0.149 e. The Balaban J connectivity index is 2.57. The predicted molar refractivity (Wildman–Crippen MR) is 40.3 cm³/mol. The first-order chi connectivity index (χ1) is 5.79. The number of hydrogen-bond donors (Lipinski definition) is 0. The van der Waals surface area contributed by atoms with Crippen molar-refractivity contribution in [3.63, 3.8) is 0 Å². The van der Waals surface area contributed by atoms with Crippen LogP contribution in [-0.4, -0.2) is 29.7 Å². The van der Waals surface area contributed by atoms with Crippen molar-refractivity contribution in [3.05, 3.63) is 24.3 Å². The molecule has 0 radical (unpaired) electrons. The summed E-state index contributed by atoms with van der Waals surface area (Å²) < 4.78 is 3.55. The number of nitrogens with zero attached hydrogens (tertiary/aromatic N) is 6. The van der Waals surface area contributed by atoms with Crippen LogP contribution < -0.4 is 0 Å². The first-order valence-corrected chi connectivity index (χ1v) is 3.53. The minimum atomic E-state index is 0.804. The Morgan fingerprint density at radius 1 is 0.917 bits per heavy atom. The lowest BCUT2D eigenvalue weighted by Gasteiger charge is -2.03. The lowest BCUT2D eigenvalue weighted by atomic mass is 10.7. The molecule has 0 N–H and O–H groups in total. The molecule has 2 rings (SSSR count). The molecule has 6 heteroatoms. The summed E-state index contributed by atoms with van der Waals surface area (Å²) >= 11 is 0. The summed E-state index contributed by atoms with van der Waals surface area (Å²) in [4.78, 5) is 0. The molecule has 6 nitrogen and oxygen atoms in total. The van der Waals surface area contributed by atoms with Crippen molar-refractivity contribution < 1.29 is 0 Å². The van der Waals surface area contributed by atoms with E-state index >= 15 is 0 Å². The average Bonchev–Trinajstić information content (AvgIpc) is 2.59. The largest absolute Gasteiger partial charge is 0.218 e. The van der Waals surface area contributed by atoms with Gasteiger partial charge >= 0.3 is 0 Å². The molecular weight excluding hydrogens is 156 g/mol. The van der Waals surface area contributed by atoms with Crippen LogP contribution in [0.4, 0.5) is 0 Å². The highest BCUT2D eigenvalue weighted by molar-refractivity contribution is 4.88. The van der Waals surface area contributed by atoms with E-state index in [1.54, 1.807) is 22.0 Å². The van der Waals surface area contributed by atoms with E-state index in [0.717, 1.165) is 11.6 Å². The maximum Gasteiger partial charge on any atom is 0.149 e. The zero-order chi connectivity index (χ0) is 8.55. The average molecular weight is 164 g/mol. The fourth-order valence-corrected chi connectivity index (χ4v) is 0.998. The first-order valence-electron chi connectivity index (χ1n) is 3.53. The molecule has 0 spiro atoms. The third kappa shape index (κ3) is 0.884. The molecule has 12 heavy (non-hydrogen) atoms. The van der Waals surface area contributed by atoms with Gasteiger partial charge in [0, 0.05) is 0 Å². The predicted octanol–water partition coefficient (Wildman–Crippen LogP) is -0.202. The second-order valence-electron chi connectivity index (χ2n) is 2.45. The van der Waals surface area contributed by atoms with E-state index < -0.39 is 0 Å². The lowest BCUT2D eigenvalue weighted by molar-refractivity contribution is 0.611. The zero-order valence-electron chi connectivity index (χ0n) is 6.84. The van der Waals surface area contributed by atoms with Gasteiger partial charge < -0.3 is 0 Å². The van der Waals surface area contributed by atoms with E-state index in [9.17, 15) is 0 Å². The maximum atomic E-state index is 3.85. The molecule has 0 unspecified atom stereocenters. The van der Waals surface area contributed by atoms with Gasteiger partial charge in [0.15, 0.2) is 0 Å². The van der Waals surface area contributed by atoms with Crippen molar-refractivity contribution in [2.24, 2.45) is 0 Å². The number of rotatable bonds is 1. The van der Waals surface area contributed by atoms with Crippen molar-refractivity contribution in [2.75, 3.05) is 0 Å². The molecule has 0 aliphatic carbocycles. The lowest BCUT2D eigenvalue weighted by Crippen LogP contribution is -2.10. The van der Waals surface area contributed by atoms with Gasteiger partial charge in [-0.25, -0.2) is 9.35 Å². The Labute approximate surface area is 68.8 Å². The Morgan fingerprint density at radius 3 is 1.58 bits per heavy atom. The summed E-state index contributed by atoms with van der Waals surface area (Å²) in [6, 6.07) is 0. The molecule has 2 aromatic heterocycles. The van der Waals surface area contributed by atoms with Gasteiger partial charge in [-0.3, -0.25) is 0 Å². The highest BCUT2D eigenvalue weighted by Crippen LogP contribution is 1.97. The van der Waals surface area contributed by atoms with Crippen LogP contribution in [0.5, 0.6) is 0 Å². The van der Waals surface area contributed by atoms with Gasteiger partial charge in [-0.2, -0.15) is 0 Å². The van der Waals surface area contributed by atoms with E-state index in [2.05, 4.69) is 20.4 Å². The molecule has 0 amide bonds. The summed E-state index contributed by atoms with van der Waals surface area (Å²) in [5.41, 5.74) is 0. The highest BCUT2D eigenvalue weighted by atomic mass is 15.6. The van der Waals surface area contributed by atoms with E-state index in [-0.39, 0.29) is 0 Å². The van der Waals surface area contributed by atoms with Crippen molar-refractivity contribution in [1.82, 2.24) is 29.7 Å². The van der Waals surface area contributed by atoms with Gasteiger partial charge in [-0.15, -0.1) is 20.4 Å². The van der Waals surface area contributed by atoms with Crippen LogP contribution in [0.1, 0.15) is 11.6 Å². The first kappa shape index (κ1) is 6.96. The fourth-order valence-electron chi connectivity index (χ4n) is 0.998. The molecule has 0 aromatic carbocycles.